The molecule has 0 bridgehead atoms. The van der Waals surface area contributed by atoms with Gasteiger partial charge in [0.15, 0.2) is 4.96 Å². The van der Waals surface area contributed by atoms with Crippen molar-refractivity contribution in [2.75, 3.05) is 27.7 Å². The molecule has 0 unspecified atom stereocenters. The number of thiazole rings is 1. The summed E-state index contributed by atoms with van der Waals surface area (Å²) in [4.78, 5) is 33.2. The molecule has 1 atom stereocenters. The third-order valence-electron chi connectivity index (χ3n) is 4.04. The van der Waals surface area contributed by atoms with Gasteiger partial charge in [0.05, 0.1) is 6.04 Å². The molecule has 0 aliphatic carbocycles. The second-order valence-corrected chi connectivity index (χ2v) is 7.01. The number of amides is 1. The number of benzene rings is 1. The topological polar surface area (TPSA) is 57.9 Å². The van der Waals surface area contributed by atoms with Gasteiger partial charge in [-0.1, -0.05) is 30.3 Å². The van der Waals surface area contributed by atoms with Crippen LogP contribution in [0.3, 0.4) is 0 Å². The largest absolute Gasteiger partial charge is 0.332 e. The molecular formula is C18H20N4O2S. The maximum absolute atomic E-state index is 13.1. The Hall–Kier alpha value is -2.51. The normalized spacial score (nSPS) is 12.5. The summed E-state index contributed by atoms with van der Waals surface area (Å²) in [7, 11) is 5.72. The molecule has 6 nitrogen and oxygen atoms in total. The fourth-order valence-electron chi connectivity index (χ4n) is 2.81. The molecule has 0 spiro atoms. The summed E-state index contributed by atoms with van der Waals surface area (Å²) in [6, 6.07) is 11.1. The number of hydrogen-bond acceptors (Lipinski definition) is 5. The van der Waals surface area contributed by atoms with E-state index >= 15 is 0 Å². The standard InChI is InChI=1S/C18H20N4O2S/c1-20(2)12-15(13-7-5-4-6-8-13)21(3)17(24)14-11-16(23)19-18-22(14)9-10-25-18/h4-11,15H,12H2,1-3H3/t15-/m1/s1. The molecule has 0 saturated heterocycles. The van der Waals surface area contributed by atoms with Crippen molar-refractivity contribution >= 4 is 22.2 Å². The Morgan fingerprint density at radius 1 is 1.24 bits per heavy atom. The van der Waals surface area contributed by atoms with Gasteiger partial charge < -0.3 is 9.80 Å². The highest BCUT2D eigenvalue weighted by atomic mass is 32.1. The minimum atomic E-state index is -0.400. The van der Waals surface area contributed by atoms with E-state index < -0.39 is 5.56 Å². The number of hydrogen-bond donors (Lipinski definition) is 0. The van der Waals surface area contributed by atoms with E-state index in [1.54, 1.807) is 22.5 Å². The first kappa shape index (κ1) is 17.3. The van der Waals surface area contributed by atoms with E-state index in [0.29, 0.717) is 17.2 Å². The van der Waals surface area contributed by atoms with Crippen molar-refractivity contribution in [2.24, 2.45) is 0 Å². The quantitative estimate of drug-likeness (QED) is 0.703. The van der Waals surface area contributed by atoms with Gasteiger partial charge in [0, 0.05) is 31.2 Å². The van der Waals surface area contributed by atoms with Crippen LogP contribution in [0.5, 0.6) is 0 Å². The fraction of sp³-hybridized carbons (Fsp3) is 0.278. The molecule has 3 aromatic rings. The smallest absolute Gasteiger partial charge is 0.274 e. The summed E-state index contributed by atoms with van der Waals surface area (Å²) in [5.41, 5.74) is 0.983. The zero-order valence-corrected chi connectivity index (χ0v) is 15.2. The van der Waals surface area contributed by atoms with E-state index in [1.165, 1.54) is 17.4 Å². The summed E-state index contributed by atoms with van der Waals surface area (Å²) in [5.74, 6) is -0.205. The molecule has 0 fully saturated rings. The van der Waals surface area contributed by atoms with Gasteiger partial charge in [-0.2, -0.15) is 4.98 Å². The van der Waals surface area contributed by atoms with Crippen LogP contribution in [0.4, 0.5) is 0 Å². The molecule has 1 aromatic carbocycles. The molecule has 1 amide bonds. The SMILES string of the molecule is CN(C)C[C@H](c1ccccc1)N(C)C(=O)c1cc(=O)nc2sccn12. The lowest BCUT2D eigenvalue weighted by molar-refractivity contribution is 0.0697. The Kier molecular flexibility index (Phi) is 4.96. The summed E-state index contributed by atoms with van der Waals surface area (Å²) >= 11 is 1.33. The highest BCUT2D eigenvalue weighted by molar-refractivity contribution is 7.15. The number of nitrogens with zero attached hydrogens (tertiary/aromatic N) is 4. The molecular weight excluding hydrogens is 336 g/mol. The number of likely N-dealkylation sites (N-methyl/N-ethyl adjacent to an activating group) is 2. The predicted molar refractivity (Wildman–Crippen MR) is 99.2 cm³/mol. The van der Waals surface area contributed by atoms with Crippen LogP contribution in [-0.2, 0) is 0 Å². The van der Waals surface area contributed by atoms with Crippen LogP contribution in [0.2, 0.25) is 0 Å². The van der Waals surface area contributed by atoms with Gasteiger partial charge in [0.25, 0.3) is 11.5 Å². The van der Waals surface area contributed by atoms with E-state index in [0.717, 1.165) is 5.56 Å². The van der Waals surface area contributed by atoms with Gasteiger partial charge >= 0.3 is 0 Å². The maximum Gasteiger partial charge on any atom is 0.274 e. The molecule has 2 aromatic heterocycles. The van der Waals surface area contributed by atoms with Crippen LogP contribution in [0.15, 0.2) is 52.8 Å². The zero-order valence-electron chi connectivity index (χ0n) is 14.4. The van der Waals surface area contributed by atoms with E-state index in [-0.39, 0.29) is 11.9 Å². The molecule has 2 heterocycles. The molecule has 130 valence electrons. The van der Waals surface area contributed by atoms with Crippen LogP contribution in [-0.4, -0.2) is 52.8 Å². The molecule has 0 radical (unpaired) electrons. The van der Waals surface area contributed by atoms with Crippen molar-refractivity contribution in [3.05, 3.63) is 69.6 Å². The van der Waals surface area contributed by atoms with Crippen LogP contribution >= 0.6 is 11.3 Å². The highest BCUT2D eigenvalue weighted by Crippen LogP contribution is 2.22. The average molecular weight is 356 g/mol. The number of carbonyl (C=O) groups is 1. The van der Waals surface area contributed by atoms with Gasteiger partial charge in [0.2, 0.25) is 0 Å². The molecule has 0 aliphatic heterocycles. The molecule has 0 aliphatic rings. The van der Waals surface area contributed by atoms with Crippen LogP contribution in [0.1, 0.15) is 22.1 Å². The van der Waals surface area contributed by atoms with E-state index in [2.05, 4.69) is 4.98 Å². The van der Waals surface area contributed by atoms with Crippen LogP contribution in [0.25, 0.3) is 4.96 Å². The molecule has 7 heteroatoms. The second-order valence-electron chi connectivity index (χ2n) is 6.14. The number of rotatable bonds is 5. The van der Waals surface area contributed by atoms with Gasteiger partial charge in [-0.25, -0.2) is 0 Å². The third-order valence-corrected chi connectivity index (χ3v) is 4.80. The van der Waals surface area contributed by atoms with E-state index in [1.807, 2.05) is 54.7 Å². The summed E-state index contributed by atoms with van der Waals surface area (Å²) in [6.45, 7) is 0.680. The first-order valence-electron chi connectivity index (χ1n) is 7.91. The van der Waals surface area contributed by atoms with Crippen molar-refractivity contribution in [3.8, 4) is 0 Å². The van der Waals surface area contributed by atoms with Gasteiger partial charge in [-0.05, 0) is 19.7 Å². The summed E-state index contributed by atoms with van der Waals surface area (Å²) in [6.07, 6.45) is 1.76. The Morgan fingerprint density at radius 3 is 2.64 bits per heavy atom. The lowest BCUT2D eigenvalue weighted by atomic mass is 10.0. The second kappa shape index (κ2) is 7.16. The monoisotopic (exact) mass is 356 g/mol. The molecule has 0 N–H and O–H groups in total. The van der Waals surface area contributed by atoms with Crippen molar-refractivity contribution in [1.82, 2.24) is 19.2 Å². The predicted octanol–water partition coefficient (Wildman–Crippen LogP) is 2.13. The first-order valence-corrected chi connectivity index (χ1v) is 8.79. The van der Waals surface area contributed by atoms with Gasteiger partial charge in [-0.3, -0.25) is 14.0 Å². The minimum Gasteiger partial charge on any atom is -0.332 e. The van der Waals surface area contributed by atoms with Crippen molar-refractivity contribution in [2.45, 2.75) is 6.04 Å². The van der Waals surface area contributed by atoms with Crippen LogP contribution < -0.4 is 5.56 Å². The first-order chi connectivity index (χ1) is 12.0. The molecule has 0 saturated carbocycles. The van der Waals surface area contributed by atoms with E-state index in [9.17, 15) is 9.59 Å². The Balaban J connectivity index is 2.01. The summed E-state index contributed by atoms with van der Waals surface area (Å²) < 4.78 is 1.67. The number of aromatic nitrogens is 2. The maximum atomic E-state index is 13.1. The molecule has 25 heavy (non-hydrogen) atoms. The molecule has 3 rings (SSSR count). The number of fused-ring (bicyclic) bond motifs is 1. The lowest BCUT2D eigenvalue weighted by Gasteiger charge is -2.31. The Labute approximate surface area is 150 Å². The fourth-order valence-corrected chi connectivity index (χ4v) is 3.53. The third kappa shape index (κ3) is 3.62. The summed E-state index contributed by atoms with van der Waals surface area (Å²) in [5, 5.41) is 1.81. The van der Waals surface area contributed by atoms with Crippen LogP contribution in [0, 0.1) is 0 Å². The van der Waals surface area contributed by atoms with Crippen molar-refractivity contribution in [3.63, 3.8) is 0 Å². The lowest BCUT2D eigenvalue weighted by Crippen LogP contribution is -2.38. The van der Waals surface area contributed by atoms with Crippen molar-refractivity contribution in [1.29, 1.82) is 0 Å². The number of carbonyl (C=O) groups excluding carboxylic acids is 1. The van der Waals surface area contributed by atoms with Gasteiger partial charge in [0.1, 0.15) is 5.69 Å². The van der Waals surface area contributed by atoms with Gasteiger partial charge in [-0.15, -0.1) is 11.3 Å². The minimum absolute atomic E-state index is 0.124. The van der Waals surface area contributed by atoms with E-state index in [4.69, 9.17) is 0 Å². The zero-order chi connectivity index (χ0) is 18.0. The van der Waals surface area contributed by atoms with Crippen molar-refractivity contribution < 1.29 is 4.79 Å². The highest BCUT2D eigenvalue weighted by Gasteiger charge is 2.25. The Morgan fingerprint density at radius 2 is 1.96 bits per heavy atom. The Bertz CT molecular complexity index is 933. The average Bonchev–Trinajstić information content (AvgIpc) is 3.06.